The molecule has 0 saturated carbocycles. The maximum atomic E-state index is 12.6. The zero-order valence-electron chi connectivity index (χ0n) is 9.94. The van der Waals surface area contributed by atoms with Gasteiger partial charge < -0.3 is 4.84 Å². The van der Waals surface area contributed by atoms with Gasteiger partial charge >= 0.3 is 6.08 Å². The summed E-state index contributed by atoms with van der Waals surface area (Å²) < 4.78 is 48.1. The standard InChI is InChI=1S/C10H11F3N2O2S2/c1-2-17-15-6-7-5-14-10(18-7)19(16)4-3-8(11)9(12)13/h5-6H,2-4H2,1H3/b15-6-. The Bertz CT molecular complexity index is 499. The third-order valence-electron chi connectivity index (χ3n) is 1.79. The van der Waals surface area contributed by atoms with Gasteiger partial charge in [0.05, 0.1) is 21.9 Å². The van der Waals surface area contributed by atoms with Gasteiger partial charge in [0.1, 0.15) is 6.61 Å². The highest BCUT2D eigenvalue weighted by Gasteiger charge is 2.12. The first-order chi connectivity index (χ1) is 9.04. The second-order valence-corrected chi connectivity index (χ2v) is 5.95. The average Bonchev–Trinajstić information content (AvgIpc) is 2.84. The van der Waals surface area contributed by atoms with Crippen LogP contribution in [0, 0.1) is 0 Å². The van der Waals surface area contributed by atoms with Crippen LogP contribution in [-0.4, -0.2) is 27.8 Å². The van der Waals surface area contributed by atoms with Crippen LogP contribution in [-0.2, 0) is 15.6 Å². The molecule has 0 spiro atoms. The van der Waals surface area contributed by atoms with Crippen molar-refractivity contribution in [2.24, 2.45) is 5.16 Å². The summed E-state index contributed by atoms with van der Waals surface area (Å²) in [7, 11) is -1.61. The van der Waals surface area contributed by atoms with E-state index in [1.165, 1.54) is 12.4 Å². The Morgan fingerprint density at radius 3 is 2.95 bits per heavy atom. The smallest absolute Gasteiger partial charge is 0.301 e. The topological polar surface area (TPSA) is 51.6 Å². The highest BCUT2D eigenvalue weighted by molar-refractivity contribution is 7.87. The van der Waals surface area contributed by atoms with E-state index in [0.29, 0.717) is 11.5 Å². The zero-order chi connectivity index (χ0) is 14.3. The van der Waals surface area contributed by atoms with E-state index < -0.39 is 29.1 Å². The maximum absolute atomic E-state index is 12.6. The summed E-state index contributed by atoms with van der Waals surface area (Å²) in [5.74, 6) is -1.78. The lowest BCUT2D eigenvalue weighted by Crippen LogP contribution is -1.98. The summed E-state index contributed by atoms with van der Waals surface area (Å²) in [6.45, 7) is 2.20. The van der Waals surface area contributed by atoms with E-state index in [1.54, 1.807) is 6.92 Å². The second-order valence-electron chi connectivity index (χ2n) is 3.15. The second kappa shape index (κ2) is 8.05. The lowest BCUT2D eigenvalue weighted by atomic mass is 10.4. The third kappa shape index (κ3) is 5.52. The summed E-state index contributed by atoms with van der Waals surface area (Å²) in [5, 5.41) is 3.61. The van der Waals surface area contributed by atoms with Gasteiger partial charge in [0.2, 0.25) is 0 Å². The van der Waals surface area contributed by atoms with Crippen LogP contribution in [0.25, 0.3) is 0 Å². The van der Waals surface area contributed by atoms with Crippen LogP contribution in [0.2, 0.25) is 0 Å². The van der Waals surface area contributed by atoms with Crippen molar-refractivity contribution in [3.8, 4) is 0 Å². The summed E-state index contributed by atoms with van der Waals surface area (Å²) >= 11 is 1.08. The molecule has 1 atom stereocenters. The van der Waals surface area contributed by atoms with Crippen molar-refractivity contribution in [3.63, 3.8) is 0 Å². The molecule has 0 amide bonds. The van der Waals surface area contributed by atoms with Gasteiger partial charge in [-0.3, -0.25) is 4.21 Å². The Kier molecular flexibility index (Phi) is 6.71. The molecule has 0 aliphatic carbocycles. The number of hydrogen-bond acceptors (Lipinski definition) is 5. The van der Waals surface area contributed by atoms with E-state index in [0.717, 1.165) is 11.3 Å². The van der Waals surface area contributed by atoms with Crippen LogP contribution in [0.4, 0.5) is 13.2 Å². The molecule has 1 heterocycles. The summed E-state index contributed by atoms with van der Waals surface area (Å²) in [4.78, 5) is 9.22. The van der Waals surface area contributed by atoms with E-state index in [4.69, 9.17) is 4.84 Å². The van der Waals surface area contributed by atoms with Crippen molar-refractivity contribution in [1.29, 1.82) is 0 Å². The maximum Gasteiger partial charge on any atom is 0.301 e. The molecule has 0 fully saturated rings. The SMILES string of the molecule is CCO/N=C\c1cnc(S(=O)CCC(F)=C(F)F)s1. The molecule has 106 valence electrons. The van der Waals surface area contributed by atoms with Gasteiger partial charge in [0.25, 0.3) is 0 Å². The molecular formula is C10H11F3N2O2S2. The quantitative estimate of drug-likeness (QED) is 0.574. The fraction of sp³-hybridized carbons (Fsp3) is 0.400. The Morgan fingerprint density at radius 2 is 2.32 bits per heavy atom. The highest BCUT2D eigenvalue weighted by Crippen LogP contribution is 2.19. The van der Waals surface area contributed by atoms with Crippen LogP contribution in [0.1, 0.15) is 18.2 Å². The minimum Gasteiger partial charge on any atom is -0.396 e. The van der Waals surface area contributed by atoms with E-state index in [1.807, 2.05) is 0 Å². The first kappa shape index (κ1) is 15.8. The molecule has 1 aromatic heterocycles. The molecule has 0 bridgehead atoms. The molecule has 0 N–H and O–H groups in total. The van der Waals surface area contributed by atoms with Crippen LogP contribution in [0.3, 0.4) is 0 Å². The minimum atomic E-state index is -2.37. The number of oxime groups is 1. The van der Waals surface area contributed by atoms with Crippen molar-refractivity contribution in [2.75, 3.05) is 12.4 Å². The first-order valence-corrected chi connectivity index (χ1v) is 7.37. The van der Waals surface area contributed by atoms with Crippen molar-refractivity contribution >= 4 is 28.4 Å². The van der Waals surface area contributed by atoms with Gasteiger partial charge in [-0.2, -0.15) is 8.78 Å². The average molecular weight is 312 g/mol. The molecule has 0 aliphatic heterocycles. The normalized spacial score (nSPS) is 12.6. The number of nitrogens with zero attached hydrogens (tertiary/aromatic N) is 2. The predicted octanol–water partition coefficient (Wildman–Crippen LogP) is 3.09. The number of rotatable bonds is 7. The monoisotopic (exact) mass is 312 g/mol. The molecule has 0 aromatic carbocycles. The largest absolute Gasteiger partial charge is 0.396 e. The summed E-state index contributed by atoms with van der Waals surface area (Å²) in [5.41, 5.74) is 0. The summed E-state index contributed by atoms with van der Waals surface area (Å²) in [6.07, 6.45) is -0.108. The number of halogens is 3. The lowest BCUT2D eigenvalue weighted by molar-refractivity contribution is 0.160. The number of thiazole rings is 1. The van der Waals surface area contributed by atoms with Gasteiger partial charge in [0, 0.05) is 18.4 Å². The number of allylic oxidation sites excluding steroid dienone is 1. The van der Waals surface area contributed by atoms with Gasteiger partial charge in [-0.1, -0.05) is 5.16 Å². The zero-order valence-corrected chi connectivity index (χ0v) is 11.6. The van der Waals surface area contributed by atoms with Gasteiger partial charge in [-0.15, -0.1) is 11.3 Å². The highest BCUT2D eigenvalue weighted by atomic mass is 32.2. The van der Waals surface area contributed by atoms with Crippen LogP contribution >= 0.6 is 11.3 Å². The summed E-state index contributed by atoms with van der Waals surface area (Å²) in [6, 6.07) is 0. The van der Waals surface area contributed by atoms with Crippen molar-refractivity contribution < 1.29 is 22.2 Å². The van der Waals surface area contributed by atoms with Crippen LogP contribution < -0.4 is 0 Å². The fourth-order valence-corrected chi connectivity index (χ4v) is 3.09. The lowest BCUT2D eigenvalue weighted by Gasteiger charge is -1.95. The van der Waals surface area contributed by atoms with Gasteiger partial charge in [-0.05, 0) is 6.92 Å². The molecule has 1 rings (SSSR count). The van der Waals surface area contributed by atoms with E-state index in [-0.39, 0.29) is 10.1 Å². The molecule has 4 nitrogen and oxygen atoms in total. The van der Waals surface area contributed by atoms with Crippen molar-refractivity contribution in [2.45, 2.75) is 17.7 Å². The van der Waals surface area contributed by atoms with E-state index in [2.05, 4.69) is 10.1 Å². The van der Waals surface area contributed by atoms with Crippen molar-refractivity contribution in [3.05, 3.63) is 23.0 Å². The van der Waals surface area contributed by atoms with Crippen LogP contribution in [0.5, 0.6) is 0 Å². The first-order valence-electron chi connectivity index (χ1n) is 5.23. The number of hydrogen-bond donors (Lipinski definition) is 0. The minimum absolute atomic E-state index is 0.237. The van der Waals surface area contributed by atoms with Gasteiger partial charge in [0.15, 0.2) is 10.2 Å². The predicted molar refractivity (Wildman–Crippen MR) is 67.6 cm³/mol. The molecule has 0 aliphatic rings. The Morgan fingerprint density at radius 1 is 1.58 bits per heavy atom. The number of aromatic nitrogens is 1. The molecule has 19 heavy (non-hydrogen) atoms. The molecule has 1 aromatic rings. The Hall–Kier alpha value is -1.22. The van der Waals surface area contributed by atoms with Crippen molar-refractivity contribution in [1.82, 2.24) is 4.98 Å². The Labute approximate surface area is 114 Å². The van der Waals surface area contributed by atoms with Gasteiger partial charge in [-0.25, -0.2) is 9.37 Å². The Balaban J connectivity index is 2.56. The molecule has 0 saturated heterocycles. The fourth-order valence-electron chi connectivity index (χ4n) is 0.963. The van der Waals surface area contributed by atoms with Crippen LogP contribution in [0.15, 0.2) is 27.6 Å². The molecule has 9 heteroatoms. The van der Waals surface area contributed by atoms with E-state index in [9.17, 15) is 17.4 Å². The molecule has 1 unspecified atom stereocenters. The van der Waals surface area contributed by atoms with E-state index >= 15 is 0 Å². The third-order valence-corrected chi connectivity index (χ3v) is 4.40. The molecule has 0 radical (unpaired) electrons. The molecular weight excluding hydrogens is 301 g/mol.